The van der Waals surface area contributed by atoms with E-state index in [1.807, 2.05) is 0 Å². The predicted molar refractivity (Wildman–Crippen MR) is 220 cm³/mol. The van der Waals surface area contributed by atoms with E-state index in [-0.39, 0.29) is 6.04 Å². The quantitative estimate of drug-likeness (QED) is 0.166. The first-order valence-corrected chi connectivity index (χ1v) is 19.9. The zero-order valence-corrected chi connectivity index (χ0v) is 33.2. The first kappa shape index (κ1) is 36.4. The molecule has 0 amide bonds. The monoisotopic (exact) mass is 669 g/mol. The topological polar surface area (TPSA) is 30.9 Å². The standard InChI is InChI=1S/C48H64N2/c1-27(2)35-23-37(29(5)6)47(38(24-35)30(7)8)33-17-19-44-41(21-33)42-22-34(18-20-45(42)50(44)46-16-14-13-15-43(46)49)48-39(31(9)10)25-36(28(3)4)26-40(48)32(11)12/h17-32,43,46H,13-16,49H2,1-12H3/t43-,46-/m0/s1. The highest BCUT2D eigenvalue weighted by Crippen LogP contribution is 2.45. The fourth-order valence-electron chi connectivity index (χ4n) is 8.76. The average Bonchev–Trinajstić information content (AvgIpc) is 3.39. The minimum Gasteiger partial charge on any atom is -0.336 e. The molecule has 2 heteroatoms. The summed E-state index contributed by atoms with van der Waals surface area (Å²) in [4.78, 5) is 0. The third-order valence-corrected chi connectivity index (χ3v) is 11.8. The summed E-state index contributed by atoms with van der Waals surface area (Å²) < 4.78 is 2.63. The first-order chi connectivity index (χ1) is 23.7. The third kappa shape index (κ3) is 6.58. The van der Waals surface area contributed by atoms with E-state index in [2.05, 4.69) is 148 Å². The van der Waals surface area contributed by atoms with Gasteiger partial charge in [-0.05, 0) is 128 Å². The number of nitrogens with two attached hydrogens (primary N) is 1. The van der Waals surface area contributed by atoms with E-state index in [4.69, 9.17) is 5.73 Å². The normalized spacial score (nSPS) is 17.3. The van der Waals surface area contributed by atoms with Crippen molar-refractivity contribution in [1.82, 2.24) is 4.57 Å². The summed E-state index contributed by atoms with van der Waals surface area (Å²) in [6.45, 7) is 28.2. The Morgan fingerprint density at radius 3 is 1.16 bits per heavy atom. The van der Waals surface area contributed by atoms with Crippen LogP contribution >= 0.6 is 0 Å². The van der Waals surface area contributed by atoms with Crippen LogP contribution in [0.3, 0.4) is 0 Å². The van der Waals surface area contributed by atoms with E-state index in [1.165, 1.54) is 90.3 Å². The number of hydrogen-bond donors (Lipinski definition) is 1. The Bertz CT molecular complexity index is 1810. The molecule has 6 rings (SSSR count). The molecule has 2 nitrogen and oxygen atoms in total. The number of hydrogen-bond acceptors (Lipinski definition) is 1. The molecule has 2 atom stereocenters. The molecule has 0 bridgehead atoms. The minimum atomic E-state index is 0.175. The van der Waals surface area contributed by atoms with Gasteiger partial charge in [0, 0.05) is 33.9 Å². The second kappa shape index (κ2) is 14.3. The Labute approximate surface area is 303 Å². The van der Waals surface area contributed by atoms with Gasteiger partial charge in [-0.25, -0.2) is 0 Å². The Hall–Kier alpha value is -3.36. The van der Waals surface area contributed by atoms with Crippen molar-refractivity contribution >= 4 is 21.8 Å². The summed E-state index contributed by atoms with van der Waals surface area (Å²) in [7, 11) is 0. The van der Waals surface area contributed by atoms with Crippen LogP contribution in [0.2, 0.25) is 0 Å². The van der Waals surface area contributed by atoms with E-state index >= 15 is 0 Å². The van der Waals surface area contributed by atoms with E-state index in [9.17, 15) is 0 Å². The molecule has 0 saturated heterocycles. The lowest BCUT2D eigenvalue weighted by atomic mass is 9.81. The smallest absolute Gasteiger partial charge is 0.0494 e. The maximum absolute atomic E-state index is 6.96. The molecule has 1 aliphatic rings. The SMILES string of the molecule is CC(C)c1cc(C(C)C)c(-c2ccc3c(c2)c2cc(-c4c(C(C)C)cc(C(C)C)cc4C(C)C)ccc2n3[C@H]2CCCC[C@@H]2N)c(C(C)C)c1. The molecule has 5 aromatic rings. The fraction of sp³-hybridized carbons (Fsp3) is 0.500. The second-order valence-corrected chi connectivity index (χ2v) is 17.4. The molecular weight excluding hydrogens is 605 g/mol. The Kier molecular flexibility index (Phi) is 10.4. The number of nitrogens with zero attached hydrogens (tertiary/aromatic N) is 1. The number of rotatable bonds is 9. The van der Waals surface area contributed by atoms with Gasteiger partial charge in [0.1, 0.15) is 0 Å². The van der Waals surface area contributed by atoms with Crippen molar-refractivity contribution in [1.29, 1.82) is 0 Å². The molecule has 1 aliphatic carbocycles. The van der Waals surface area contributed by atoms with Gasteiger partial charge in [0.05, 0.1) is 0 Å². The van der Waals surface area contributed by atoms with E-state index in [1.54, 1.807) is 0 Å². The lowest BCUT2D eigenvalue weighted by molar-refractivity contribution is 0.318. The summed E-state index contributed by atoms with van der Waals surface area (Å²) >= 11 is 0. The lowest BCUT2D eigenvalue weighted by Gasteiger charge is -2.31. The van der Waals surface area contributed by atoms with Crippen LogP contribution < -0.4 is 5.73 Å². The highest BCUT2D eigenvalue weighted by molar-refractivity contribution is 6.11. The summed E-state index contributed by atoms with van der Waals surface area (Å²) in [6.07, 6.45) is 4.71. The Morgan fingerprint density at radius 2 is 0.840 bits per heavy atom. The van der Waals surface area contributed by atoms with Crippen LogP contribution in [-0.2, 0) is 0 Å². The largest absolute Gasteiger partial charge is 0.336 e. The van der Waals surface area contributed by atoms with E-state index in [0.29, 0.717) is 41.5 Å². The van der Waals surface area contributed by atoms with Crippen LogP contribution in [0.25, 0.3) is 44.1 Å². The van der Waals surface area contributed by atoms with Gasteiger partial charge in [0.15, 0.2) is 0 Å². The molecule has 266 valence electrons. The predicted octanol–water partition coefficient (Wildman–Crippen LogP) is 14.3. The zero-order chi connectivity index (χ0) is 36.2. The van der Waals surface area contributed by atoms with Crippen LogP contribution in [0.4, 0.5) is 0 Å². The third-order valence-electron chi connectivity index (χ3n) is 11.8. The molecule has 4 aromatic carbocycles. The lowest BCUT2D eigenvalue weighted by Crippen LogP contribution is -2.34. The summed E-state index contributed by atoms with van der Waals surface area (Å²) in [5.74, 6) is 2.73. The number of aromatic nitrogens is 1. The van der Waals surface area contributed by atoms with Gasteiger partial charge in [-0.3, -0.25) is 0 Å². The minimum absolute atomic E-state index is 0.175. The Balaban J connectivity index is 1.69. The van der Waals surface area contributed by atoms with Gasteiger partial charge in [-0.15, -0.1) is 0 Å². The van der Waals surface area contributed by atoms with Crippen LogP contribution in [0.1, 0.15) is 184 Å². The van der Waals surface area contributed by atoms with Crippen molar-refractivity contribution in [2.75, 3.05) is 0 Å². The van der Waals surface area contributed by atoms with Crippen LogP contribution in [0.5, 0.6) is 0 Å². The van der Waals surface area contributed by atoms with Gasteiger partial charge >= 0.3 is 0 Å². The van der Waals surface area contributed by atoms with Crippen molar-refractivity contribution in [3.63, 3.8) is 0 Å². The second-order valence-electron chi connectivity index (χ2n) is 17.4. The van der Waals surface area contributed by atoms with Crippen LogP contribution in [-0.4, -0.2) is 10.6 Å². The fourth-order valence-corrected chi connectivity index (χ4v) is 8.76. The first-order valence-electron chi connectivity index (χ1n) is 19.9. The molecule has 0 unspecified atom stereocenters. The summed E-state index contributed by atoms with van der Waals surface area (Å²) in [5.41, 5.74) is 23.9. The molecule has 0 spiro atoms. The highest BCUT2D eigenvalue weighted by atomic mass is 15.0. The Morgan fingerprint density at radius 1 is 0.480 bits per heavy atom. The molecule has 1 fully saturated rings. The molecule has 50 heavy (non-hydrogen) atoms. The van der Waals surface area contributed by atoms with Crippen molar-refractivity contribution in [2.24, 2.45) is 5.73 Å². The zero-order valence-electron chi connectivity index (χ0n) is 33.2. The van der Waals surface area contributed by atoms with Gasteiger partial charge in [-0.2, -0.15) is 0 Å². The van der Waals surface area contributed by atoms with E-state index in [0.717, 1.165) is 12.8 Å². The van der Waals surface area contributed by atoms with Gasteiger partial charge < -0.3 is 10.3 Å². The van der Waals surface area contributed by atoms with Gasteiger partial charge in [-0.1, -0.05) is 132 Å². The maximum Gasteiger partial charge on any atom is 0.0494 e. The molecular formula is C48H64N2. The van der Waals surface area contributed by atoms with Crippen molar-refractivity contribution in [3.05, 3.63) is 94.0 Å². The number of benzene rings is 4. The van der Waals surface area contributed by atoms with Crippen molar-refractivity contribution in [3.8, 4) is 22.3 Å². The molecule has 0 aliphatic heterocycles. The van der Waals surface area contributed by atoms with Gasteiger partial charge in [0.2, 0.25) is 0 Å². The molecule has 1 saturated carbocycles. The molecule has 1 aromatic heterocycles. The van der Waals surface area contributed by atoms with Crippen LogP contribution in [0, 0.1) is 0 Å². The molecule has 0 radical (unpaired) electrons. The van der Waals surface area contributed by atoms with Crippen molar-refractivity contribution < 1.29 is 0 Å². The summed E-state index contributed by atoms with van der Waals surface area (Å²) in [5, 5.41) is 2.70. The highest BCUT2D eigenvalue weighted by Gasteiger charge is 2.28. The molecule has 1 heterocycles. The molecule has 2 N–H and O–H groups in total. The van der Waals surface area contributed by atoms with E-state index < -0.39 is 0 Å². The average molecular weight is 669 g/mol. The van der Waals surface area contributed by atoms with Crippen molar-refractivity contribution in [2.45, 2.75) is 156 Å². The number of fused-ring (bicyclic) bond motifs is 3. The van der Waals surface area contributed by atoms with Crippen LogP contribution in [0.15, 0.2) is 60.7 Å². The summed E-state index contributed by atoms with van der Waals surface area (Å²) in [6, 6.07) is 25.2. The van der Waals surface area contributed by atoms with Gasteiger partial charge in [0.25, 0.3) is 0 Å². The maximum atomic E-state index is 6.96.